The van der Waals surface area contributed by atoms with Crippen molar-refractivity contribution >= 4 is 17.8 Å². The summed E-state index contributed by atoms with van der Waals surface area (Å²) in [6.07, 6.45) is 3.52. The molecule has 0 bridgehead atoms. The molecule has 3 heterocycles. The van der Waals surface area contributed by atoms with E-state index in [0.29, 0.717) is 31.8 Å². The van der Waals surface area contributed by atoms with Gasteiger partial charge in [-0.15, -0.1) is 0 Å². The molecule has 1 atom stereocenters. The van der Waals surface area contributed by atoms with Crippen LogP contribution in [0.25, 0.3) is 0 Å². The molecule has 0 saturated carbocycles. The normalized spacial score (nSPS) is 22.0. The Labute approximate surface area is 146 Å². The number of nitrogens with zero attached hydrogens (tertiary/aromatic N) is 2. The van der Waals surface area contributed by atoms with E-state index in [9.17, 15) is 14.4 Å². The van der Waals surface area contributed by atoms with Crippen LogP contribution in [0.1, 0.15) is 53.7 Å². The molecule has 2 aliphatic heterocycles. The average Bonchev–Trinajstić information content (AvgIpc) is 3.11. The summed E-state index contributed by atoms with van der Waals surface area (Å²) in [4.78, 5) is 39.5. The van der Waals surface area contributed by atoms with E-state index in [-0.39, 0.29) is 29.3 Å². The van der Waals surface area contributed by atoms with Gasteiger partial charge in [-0.3, -0.25) is 9.59 Å². The maximum Gasteiger partial charge on any atom is 0.371 e. The summed E-state index contributed by atoms with van der Waals surface area (Å²) < 4.78 is 5.08. The van der Waals surface area contributed by atoms with Gasteiger partial charge in [0, 0.05) is 32.1 Å². The average molecular weight is 348 g/mol. The Morgan fingerprint density at radius 2 is 1.72 bits per heavy atom. The number of carbonyl (C=O) groups excluding carboxylic acids is 2. The first kappa shape index (κ1) is 17.5. The molecule has 7 heteroatoms. The summed E-state index contributed by atoms with van der Waals surface area (Å²) in [5.74, 6) is -0.976. The number of likely N-dealkylation sites (tertiary alicyclic amines) is 2. The molecular formula is C18H24N2O5. The van der Waals surface area contributed by atoms with Crippen LogP contribution in [-0.4, -0.2) is 58.9 Å². The van der Waals surface area contributed by atoms with Gasteiger partial charge in [0.25, 0.3) is 5.91 Å². The topological polar surface area (TPSA) is 91.1 Å². The quantitative estimate of drug-likeness (QED) is 0.903. The lowest BCUT2D eigenvalue weighted by Gasteiger charge is -2.37. The van der Waals surface area contributed by atoms with Crippen molar-refractivity contribution in [2.75, 3.05) is 26.2 Å². The van der Waals surface area contributed by atoms with Crippen LogP contribution in [0.5, 0.6) is 0 Å². The summed E-state index contributed by atoms with van der Waals surface area (Å²) >= 11 is 0. The highest BCUT2D eigenvalue weighted by atomic mass is 16.4. The number of rotatable bonds is 3. The van der Waals surface area contributed by atoms with Crippen LogP contribution in [0, 0.1) is 11.8 Å². The van der Waals surface area contributed by atoms with Crippen molar-refractivity contribution in [3.8, 4) is 0 Å². The molecule has 2 aliphatic rings. The highest BCUT2D eigenvalue weighted by Gasteiger charge is 2.32. The number of carboxylic acids is 1. The van der Waals surface area contributed by atoms with Crippen LogP contribution in [0.4, 0.5) is 0 Å². The fourth-order valence-electron chi connectivity index (χ4n) is 3.70. The monoisotopic (exact) mass is 348 g/mol. The first-order chi connectivity index (χ1) is 12.0. The fraction of sp³-hybridized carbons (Fsp3) is 0.611. The third-order valence-electron chi connectivity index (χ3n) is 5.13. The van der Waals surface area contributed by atoms with Crippen molar-refractivity contribution in [2.24, 2.45) is 11.8 Å². The molecule has 0 aromatic carbocycles. The van der Waals surface area contributed by atoms with Gasteiger partial charge in [0.1, 0.15) is 0 Å². The smallest absolute Gasteiger partial charge is 0.371 e. The molecule has 3 rings (SSSR count). The summed E-state index contributed by atoms with van der Waals surface area (Å²) in [6.45, 7) is 4.83. The molecule has 1 aromatic heterocycles. The summed E-state index contributed by atoms with van der Waals surface area (Å²) in [6, 6.07) is 2.67. The molecule has 2 fully saturated rings. The lowest BCUT2D eigenvalue weighted by atomic mass is 9.92. The van der Waals surface area contributed by atoms with E-state index in [1.807, 2.05) is 4.90 Å². The lowest BCUT2D eigenvalue weighted by molar-refractivity contribution is -0.138. The van der Waals surface area contributed by atoms with Gasteiger partial charge < -0.3 is 19.3 Å². The third-order valence-corrected chi connectivity index (χ3v) is 5.13. The Hall–Kier alpha value is -2.31. The molecule has 7 nitrogen and oxygen atoms in total. The number of carboxylic acid groups (broad SMARTS) is 1. The zero-order valence-corrected chi connectivity index (χ0v) is 14.4. The van der Waals surface area contributed by atoms with Crippen LogP contribution in [0.2, 0.25) is 0 Å². The molecule has 2 amide bonds. The Kier molecular flexibility index (Phi) is 5.11. The highest BCUT2D eigenvalue weighted by molar-refractivity contribution is 5.93. The summed E-state index contributed by atoms with van der Waals surface area (Å²) in [5.41, 5.74) is 0. The van der Waals surface area contributed by atoms with Gasteiger partial charge in [-0.25, -0.2) is 4.79 Å². The molecular weight excluding hydrogens is 324 g/mol. The molecule has 1 aromatic rings. The van der Waals surface area contributed by atoms with Crippen molar-refractivity contribution in [1.82, 2.24) is 9.80 Å². The number of hydrogen-bond donors (Lipinski definition) is 1. The second-order valence-electron chi connectivity index (χ2n) is 7.07. The van der Waals surface area contributed by atoms with E-state index in [2.05, 4.69) is 6.92 Å². The molecule has 0 aliphatic carbocycles. The van der Waals surface area contributed by atoms with Gasteiger partial charge in [0.2, 0.25) is 11.7 Å². The third kappa shape index (κ3) is 3.86. The van der Waals surface area contributed by atoms with Crippen molar-refractivity contribution in [1.29, 1.82) is 0 Å². The molecule has 25 heavy (non-hydrogen) atoms. The maximum absolute atomic E-state index is 12.7. The van der Waals surface area contributed by atoms with Crippen molar-refractivity contribution in [3.63, 3.8) is 0 Å². The number of piperidine rings is 2. The van der Waals surface area contributed by atoms with Gasteiger partial charge in [0.05, 0.1) is 0 Å². The van der Waals surface area contributed by atoms with Gasteiger partial charge in [0.15, 0.2) is 5.76 Å². The SMILES string of the molecule is CC1CCCN(C(=O)C2CCN(C(=O)c3ccc(C(=O)O)o3)CC2)C1. The Morgan fingerprint density at radius 3 is 2.32 bits per heavy atom. The Morgan fingerprint density at radius 1 is 1.04 bits per heavy atom. The minimum Gasteiger partial charge on any atom is -0.475 e. The van der Waals surface area contributed by atoms with Crippen LogP contribution in [0.15, 0.2) is 16.5 Å². The van der Waals surface area contributed by atoms with E-state index in [1.165, 1.54) is 18.6 Å². The largest absolute Gasteiger partial charge is 0.475 e. The first-order valence-corrected chi connectivity index (χ1v) is 8.87. The lowest BCUT2D eigenvalue weighted by Crippen LogP contribution is -2.46. The molecule has 0 spiro atoms. The number of aromatic carboxylic acids is 1. The van der Waals surface area contributed by atoms with E-state index >= 15 is 0 Å². The van der Waals surface area contributed by atoms with Gasteiger partial charge in [-0.1, -0.05) is 6.92 Å². The second-order valence-corrected chi connectivity index (χ2v) is 7.07. The minimum atomic E-state index is -1.20. The molecule has 136 valence electrons. The van der Waals surface area contributed by atoms with Crippen molar-refractivity contribution in [3.05, 3.63) is 23.7 Å². The standard InChI is InChI=1S/C18H24N2O5/c1-12-3-2-8-20(11-12)16(21)13-6-9-19(10-7-13)17(22)14-4-5-15(25-14)18(23)24/h4-5,12-13H,2-3,6-11H2,1H3,(H,23,24). The Balaban J connectivity index is 1.55. The minimum absolute atomic E-state index is 0.0273. The first-order valence-electron chi connectivity index (χ1n) is 8.87. The fourth-order valence-corrected chi connectivity index (χ4v) is 3.70. The van der Waals surface area contributed by atoms with Crippen molar-refractivity contribution in [2.45, 2.75) is 32.6 Å². The number of hydrogen-bond acceptors (Lipinski definition) is 4. The van der Waals surface area contributed by atoms with Crippen molar-refractivity contribution < 1.29 is 23.9 Å². The van der Waals surface area contributed by atoms with E-state index in [4.69, 9.17) is 9.52 Å². The van der Waals surface area contributed by atoms with Crippen LogP contribution in [-0.2, 0) is 4.79 Å². The van der Waals surface area contributed by atoms with Gasteiger partial charge in [-0.05, 0) is 43.7 Å². The van der Waals surface area contributed by atoms with Gasteiger partial charge in [-0.2, -0.15) is 0 Å². The van der Waals surface area contributed by atoms with E-state index in [1.54, 1.807) is 4.90 Å². The second kappa shape index (κ2) is 7.29. The van der Waals surface area contributed by atoms with Gasteiger partial charge >= 0.3 is 5.97 Å². The van der Waals surface area contributed by atoms with Crippen LogP contribution in [0.3, 0.4) is 0 Å². The zero-order chi connectivity index (χ0) is 18.0. The number of carbonyl (C=O) groups is 3. The Bertz CT molecular complexity index is 660. The van der Waals surface area contributed by atoms with E-state index in [0.717, 1.165) is 19.5 Å². The predicted octanol–water partition coefficient (Wildman–Crippen LogP) is 2.09. The van der Waals surface area contributed by atoms with E-state index < -0.39 is 5.97 Å². The predicted molar refractivity (Wildman–Crippen MR) is 89.3 cm³/mol. The molecule has 1 N–H and O–H groups in total. The van der Waals surface area contributed by atoms with Crippen LogP contribution >= 0.6 is 0 Å². The number of amides is 2. The van der Waals surface area contributed by atoms with Crippen LogP contribution < -0.4 is 0 Å². The number of furan rings is 1. The summed E-state index contributed by atoms with van der Waals surface area (Å²) in [5, 5.41) is 8.87. The molecule has 0 radical (unpaired) electrons. The molecule has 2 saturated heterocycles. The maximum atomic E-state index is 12.7. The molecule has 1 unspecified atom stereocenters. The zero-order valence-electron chi connectivity index (χ0n) is 14.4. The highest BCUT2D eigenvalue weighted by Crippen LogP contribution is 2.24. The summed E-state index contributed by atoms with van der Waals surface area (Å²) in [7, 11) is 0.